The molecule has 1 aromatic rings. The molecule has 5 nitrogen and oxygen atoms in total. The Bertz CT molecular complexity index is 603. The van der Waals surface area contributed by atoms with Crippen LogP contribution in [0.4, 0.5) is 0 Å². The Hall–Kier alpha value is -2.04. The second-order valence-corrected chi connectivity index (χ2v) is 7.65. The maximum atomic E-state index is 12.7. The fourth-order valence-corrected chi connectivity index (χ4v) is 5.32. The lowest BCUT2D eigenvalue weighted by atomic mass is 9.49. The van der Waals surface area contributed by atoms with Crippen molar-refractivity contribution in [3.8, 4) is 5.75 Å². The van der Waals surface area contributed by atoms with Gasteiger partial charge in [-0.05, 0) is 80.5 Å². The van der Waals surface area contributed by atoms with Crippen LogP contribution in [-0.4, -0.2) is 16.9 Å². The van der Waals surface area contributed by atoms with Crippen LogP contribution in [0.25, 0.3) is 0 Å². The average Bonchev–Trinajstić information content (AvgIpc) is 2.51. The summed E-state index contributed by atoms with van der Waals surface area (Å²) in [7, 11) is 0. The number of hydrazine groups is 1. The van der Waals surface area contributed by atoms with Gasteiger partial charge in [0.2, 0.25) is 5.91 Å². The summed E-state index contributed by atoms with van der Waals surface area (Å²) in [5.74, 6) is 1.81. The normalized spacial score (nSPS) is 34.2. The van der Waals surface area contributed by atoms with Gasteiger partial charge < -0.3 is 5.11 Å². The Labute approximate surface area is 135 Å². The van der Waals surface area contributed by atoms with Crippen molar-refractivity contribution in [3.05, 3.63) is 29.8 Å². The highest BCUT2D eigenvalue weighted by molar-refractivity contribution is 5.96. The number of rotatable bonds is 2. The number of nitrogens with one attached hydrogen (secondary N) is 2. The smallest absolute Gasteiger partial charge is 0.269 e. The molecule has 0 spiro atoms. The van der Waals surface area contributed by atoms with Crippen molar-refractivity contribution in [2.45, 2.75) is 38.5 Å². The highest BCUT2D eigenvalue weighted by atomic mass is 16.3. The van der Waals surface area contributed by atoms with Gasteiger partial charge in [-0.15, -0.1) is 0 Å². The topological polar surface area (TPSA) is 78.4 Å². The Morgan fingerprint density at radius 3 is 1.96 bits per heavy atom. The molecule has 4 bridgehead atoms. The van der Waals surface area contributed by atoms with E-state index in [1.54, 1.807) is 0 Å². The summed E-state index contributed by atoms with van der Waals surface area (Å²) >= 11 is 0. The van der Waals surface area contributed by atoms with Gasteiger partial charge in [0.25, 0.3) is 5.91 Å². The molecule has 4 aliphatic carbocycles. The van der Waals surface area contributed by atoms with E-state index in [9.17, 15) is 14.7 Å². The van der Waals surface area contributed by atoms with Gasteiger partial charge in [0.05, 0.1) is 5.41 Å². The van der Waals surface area contributed by atoms with Gasteiger partial charge in [-0.25, -0.2) is 0 Å². The third kappa shape index (κ3) is 2.58. The number of phenols is 1. The zero-order valence-electron chi connectivity index (χ0n) is 13.0. The highest BCUT2D eigenvalue weighted by Crippen LogP contribution is 2.59. The van der Waals surface area contributed by atoms with E-state index in [0.717, 1.165) is 19.3 Å². The lowest BCUT2D eigenvalue weighted by molar-refractivity contribution is -0.147. The molecule has 5 rings (SSSR count). The SMILES string of the molecule is O=C(NNC(=O)C12CC3CC(CC(C3)C1)C2)c1ccc(O)cc1. The van der Waals surface area contributed by atoms with E-state index in [0.29, 0.717) is 23.3 Å². The molecule has 23 heavy (non-hydrogen) atoms. The molecule has 4 fully saturated rings. The molecule has 122 valence electrons. The van der Waals surface area contributed by atoms with Gasteiger partial charge in [0.1, 0.15) is 5.75 Å². The fourth-order valence-electron chi connectivity index (χ4n) is 5.32. The van der Waals surface area contributed by atoms with E-state index < -0.39 is 0 Å². The number of phenolic OH excluding ortho intramolecular Hbond substituents is 1. The van der Waals surface area contributed by atoms with Crippen LogP contribution in [0.15, 0.2) is 24.3 Å². The molecule has 2 amide bonds. The zero-order valence-corrected chi connectivity index (χ0v) is 13.0. The van der Waals surface area contributed by atoms with Crippen molar-refractivity contribution >= 4 is 11.8 Å². The van der Waals surface area contributed by atoms with Crippen LogP contribution in [-0.2, 0) is 4.79 Å². The van der Waals surface area contributed by atoms with Crippen molar-refractivity contribution < 1.29 is 14.7 Å². The number of aromatic hydroxyl groups is 1. The van der Waals surface area contributed by atoms with Crippen molar-refractivity contribution in [2.75, 3.05) is 0 Å². The van der Waals surface area contributed by atoms with E-state index in [-0.39, 0.29) is 23.0 Å². The molecule has 0 unspecified atom stereocenters. The number of hydrogen-bond acceptors (Lipinski definition) is 3. The van der Waals surface area contributed by atoms with Gasteiger partial charge in [-0.3, -0.25) is 20.4 Å². The first-order chi connectivity index (χ1) is 11.0. The summed E-state index contributed by atoms with van der Waals surface area (Å²) in [5.41, 5.74) is 5.32. The van der Waals surface area contributed by atoms with Gasteiger partial charge in [0, 0.05) is 5.56 Å². The molecule has 4 aliphatic rings. The Morgan fingerprint density at radius 2 is 1.43 bits per heavy atom. The summed E-state index contributed by atoms with van der Waals surface area (Å²) in [6.07, 6.45) is 6.77. The van der Waals surface area contributed by atoms with Crippen molar-refractivity contribution in [1.29, 1.82) is 0 Å². The van der Waals surface area contributed by atoms with Gasteiger partial charge in [-0.2, -0.15) is 0 Å². The van der Waals surface area contributed by atoms with Gasteiger partial charge in [-0.1, -0.05) is 0 Å². The number of amides is 2. The lowest BCUT2D eigenvalue weighted by Gasteiger charge is -2.55. The number of carbonyl (C=O) groups excluding carboxylic acids is 2. The summed E-state index contributed by atoms with van der Waals surface area (Å²) in [6.45, 7) is 0. The quantitative estimate of drug-likeness (QED) is 0.733. The predicted molar refractivity (Wildman–Crippen MR) is 84.3 cm³/mol. The summed E-state index contributed by atoms with van der Waals surface area (Å²) in [5, 5.41) is 9.25. The first-order valence-electron chi connectivity index (χ1n) is 8.44. The minimum Gasteiger partial charge on any atom is -0.508 e. The molecule has 0 atom stereocenters. The minimum absolute atomic E-state index is 0.0243. The standard InChI is InChI=1S/C18H22N2O3/c21-15-3-1-14(2-4-15)16(22)19-20-17(23)18-8-11-5-12(9-18)7-13(6-11)10-18/h1-4,11-13,21H,5-10H2,(H,19,22)(H,20,23). The molecule has 0 saturated heterocycles. The molecule has 0 radical (unpaired) electrons. The van der Waals surface area contributed by atoms with Crippen LogP contribution in [0.3, 0.4) is 0 Å². The maximum Gasteiger partial charge on any atom is 0.269 e. The number of benzene rings is 1. The van der Waals surface area contributed by atoms with E-state index in [1.165, 1.54) is 43.5 Å². The molecule has 0 heterocycles. The highest BCUT2D eigenvalue weighted by Gasteiger charge is 2.54. The van der Waals surface area contributed by atoms with E-state index >= 15 is 0 Å². The molecule has 0 aromatic heterocycles. The molecule has 0 aliphatic heterocycles. The van der Waals surface area contributed by atoms with Crippen molar-refractivity contribution in [3.63, 3.8) is 0 Å². The van der Waals surface area contributed by atoms with Crippen LogP contribution < -0.4 is 10.9 Å². The summed E-state index contributed by atoms with van der Waals surface area (Å²) in [4.78, 5) is 24.8. The van der Waals surface area contributed by atoms with E-state index in [4.69, 9.17) is 0 Å². The largest absolute Gasteiger partial charge is 0.508 e. The number of hydrogen-bond donors (Lipinski definition) is 3. The lowest BCUT2D eigenvalue weighted by Crippen LogP contribution is -2.56. The van der Waals surface area contributed by atoms with Crippen LogP contribution >= 0.6 is 0 Å². The number of carbonyl (C=O) groups is 2. The third-order valence-electron chi connectivity index (χ3n) is 5.94. The second-order valence-electron chi connectivity index (χ2n) is 7.65. The van der Waals surface area contributed by atoms with Crippen LogP contribution in [0, 0.1) is 23.2 Å². The predicted octanol–water partition coefficient (Wildman–Crippen LogP) is 2.37. The summed E-state index contributed by atoms with van der Waals surface area (Å²) < 4.78 is 0. The second kappa shape index (κ2) is 5.25. The van der Waals surface area contributed by atoms with E-state index in [2.05, 4.69) is 10.9 Å². The molecular weight excluding hydrogens is 292 g/mol. The maximum absolute atomic E-state index is 12.7. The minimum atomic E-state index is -0.358. The molecule has 5 heteroatoms. The van der Waals surface area contributed by atoms with Crippen molar-refractivity contribution in [2.24, 2.45) is 23.2 Å². The monoisotopic (exact) mass is 314 g/mol. The van der Waals surface area contributed by atoms with Crippen LogP contribution in [0.1, 0.15) is 48.9 Å². The molecule has 3 N–H and O–H groups in total. The summed E-state index contributed by atoms with van der Waals surface area (Å²) in [6, 6.07) is 5.97. The van der Waals surface area contributed by atoms with Crippen molar-refractivity contribution in [1.82, 2.24) is 10.9 Å². The zero-order chi connectivity index (χ0) is 16.0. The third-order valence-corrected chi connectivity index (χ3v) is 5.94. The van der Waals surface area contributed by atoms with Gasteiger partial charge >= 0.3 is 0 Å². The first kappa shape index (κ1) is 14.5. The first-order valence-corrected chi connectivity index (χ1v) is 8.44. The molecule has 4 saturated carbocycles. The van der Waals surface area contributed by atoms with Crippen LogP contribution in [0.5, 0.6) is 5.75 Å². The Balaban J connectivity index is 1.40. The van der Waals surface area contributed by atoms with Gasteiger partial charge in [0.15, 0.2) is 0 Å². The Morgan fingerprint density at radius 1 is 0.913 bits per heavy atom. The van der Waals surface area contributed by atoms with Crippen LogP contribution in [0.2, 0.25) is 0 Å². The molecule has 1 aromatic carbocycles. The average molecular weight is 314 g/mol. The Kier molecular flexibility index (Phi) is 3.32. The fraction of sp³-hybridized carbons (Fsp3) is 0.556. The van der Waals surface area contributed by atoms with E-state index in [1.807, 2.05) is 0 Å². The molecular formula is C18H22N2O3.